The highest BCUT2D eigenvalue weighted by molar-refractivity contribution is 5.93. The van der Waals surface area contributed by atoms with Gasteiger partial charge in [-0.1, -0.05) is 12.1 Å². The second kappa shape index (κ2) is 6.04. The Hall–Kier alpha value is -2.30. The zero-order valence-electron chi connectivity index (χ0n) is 11.0. The van der Waals surface area contributed by atoms with Gasteiger partial charge in [0.05, 0.1) is 24.4 Å². The van der Waals surface area contributed by atoms with Gasteiger partial charge in [-0.25, -0.2) is 0 Å². The Kier molecular flexibility index (Phi) is 4.18. The maximum Gasteiger partial charge on any atom is 0.254 e. The highest BCUT2D eigenvalue weighted by Crippen LogP contribution is 2.17. The van der Waals surface area contributed by atoms with Crippen LogP contribution in [0.25, 0.3) is 0 Å². The Balaban J connectivity index is 1.99. The molecule has 1 atom stereocenters. The van der Waals surface area contributed by atoms with Crippen molar-refractivity contribution in [3.63, 3.8) is 0 Å². The quantitative estimate of drug-likeness (QED) is 0.865. The summed E-state index contributed by atoms with van der Waals surface area (Å²) in [7, 11) is 0. The molecule has 1 heterocycles. The average molecular weight is 259 g/mol. The Morgan fingerprint density at radius 3 is 2.74 bits per heavy atom. The molecule has 1 amide bonds. The minimum absolute atomic E-state index is 0.0712. The van der Waals surface area contributed by atoms with Crippen LogP contribution in [0.4, 0.5) is 0 Å². The van der Waals surface area contributed by atoms with Gasteiger partial charge in [0.1, 0.15) is 5.75 Å². The van der Waals surface area contributed by atoms with Crippen molar-refractivity contribution in [2.24, 2.45) is 0 Å². The fourth-order valence-corrected chi connectivity index (χ4v) is 1.76. The molecule has 1 unspecified atom stereocenters. The van der Waals surface area contributed by atoms with Gasteiger partial charge in [-0.15, -0.1) is 0 Å². The van der Waals surface area contributed by atoms with E-state index >= 15 is 0 Å². The van der Waals surface area contributed by atoms with Crippen LogP contribution in [0.5, 0.6) is 5.75 Å². The van der Waals surface area contributed by atoms with E-state index in [1.807, 2.05) is 38.1 Å². The monoisotopic (exact) mass is 259 g/mol. The van der Waals surface area contributed by atoms with Crippen LogP contribution >= 0.6 is 0 Å². The molecule has 2 N–H and O–H groups in total. The van der Waals surface area contributed by atoms with Gasteiger partial charge in [0, 0.05) is 6.20 Å². The van der Waals surface area contributed by atoms with Crippen molar-refractivity contribution in [2.45, 2.75) is 19.9 Å². The maximum absolute atomic E-state index is 11.9. The summed E-state index contributed by atoms with van der Waals surface area (Å²) in [5, 5.41) is 9.28. The van der Waals surface area contributed by atoms with E-state index in [-0.39, 0.29) is 11.9 Å². The molecule has 1 aromatic carbocycles. The lowest BCUT2D eigenvalue weighted by Crippen LogP contribution is -2.26. The number of nitrogens with one attached hydrogen (secondary N) is 2. The molecule has 0 radical (unpaired) electrons. The molecule has 0 spiro atoms. The van der Waals surface area contributed by atoms with Crippen LogP contribution < -0.4 is 10.1 Å². The summed E-state index contributed by atoms with van der Waals surface area (Å²) in [6, 6.07) is 7.63. The first-order valence-electron chi connectivity index (χ1n) is 6.23. The molecule has 5 heteroatoms. The lowest BCUT2D eigenvalue weighted by atomic mass is 10.1. The summed E-state index contributed by atoms with van der Waals surface area (Å²) in [6.45, 7) is 4.53. The molecule has 0 aliphatic rings. The van der Waals surface area contributed by atoms with E-state index < -0.39 is 0 Å². The Labute approximate surface area is 112 Å². The topological polar surface area (TPSA) is 67.0 Å². The third kappa shape index (κ3) is 3.34. The summed E-state index contributed by atoms with van der Waals surface area (Å²) >= 11 is 0. The van der Waals surface area contributed by atoms with Crippen LogP contribution in [0.15, 0.2) is 36.7 Å². The molecule has 0 saturated carbocycles. The highest BCUT2D eigenvalue weighted by Gasteiger charge is 2.12. The third-order valence-corrected chi connectivity index (χ3v) is 2.80. The lowest BCUT2D eigenvalue weighted by molar-refractivity contribution is 0.0940. The number of aromatic amines is 1. The number of hydrogen-bond donors (Lipinski definition) is 2. The smallest absolute Gasteiger partial charge is 0.254 e. The molecule has 5 nitrogen and oxygen atoms in total. The van der Waals surface area contributed by atoms with Gasteiger partial charge in [0.25, 0.3) is 5.91 Å². The lowest BCUT2D eigenvalue weighted by Gasteiger charge is -2.14. The summed E-state index contributed by atoms with van der Waals surface area (Å²) < 4.78 is 5.38. The van der Waals surface area contributed by atoms with Crippen LogP contribution in [-0.4, -0.2) is 22.7 Å². The van der Waals surface area contributed by atoms with E-state index in [4.69, 9.17) is 4.74 Å². The Morgan fingerprint density at radius 2 is 2.16 bits per heavy atom. The second-order valence-electron chi connectivity index (χ2n) is 4.18. The third-order valence-electron chi connectivity index (χ3n) is 2.80. The molecule has 19 heavy (non-hydrogen) atoms. The first-order valence-corrected chi connectivity index (χ1v) is 6.23. The van der Waals surface area contributed by atoms with E-state index in [1.54, 1.807) is 6.20 Å². The standard InChI is InChI=1S/C14H17N3O2/c1-3-19-13-6-4-11(5-7-13)10(2)17-14(18)12-8-15-16-9-12/h4-10H,3H2,1-2H3,(H,15,16)(H,17,18). The molecule has 2 aromatic rings. The van der Waals surface area contributed by atoms with Gasteiger partial charge in [0.15, 0.2) is 0 Å². The number of hydrogen-bond acceptors (Lipinski definition) is 3. The van der Waals surface area contributed by atoms with E-state index in [9.17, 15) is 4.79 Å². The average Bonchev–Trinajstić information content (AvgIpc) is 2.94. The van der Waals surface area contributed by atoms with Crippen molar-refractivity contribution in [1.82, 2.24) is 15.5 Å². The molecule has 0 aliphatic heterocycles. The van der Waals surface area contributed by atoms with Crippen molar-refractivity contribution in [3.8, 4) is 5.75 Å². The summed E-state index contributed by atoms with van der Waals surface area (Å²) in [5.74, 6) is 0.690. The zero-order chi connectivity index (χ0) is 13.7. The maximum atomic E-state index is 11.9. The van der Waals surface area contributed by atoms with Gasteiger partial charge >= 0.3 is 0 Å². The minimum Gasteiger partial charge on any atom is -0.494 e. The van der Waals surface area contributed by atoms with Crippen LogP contribution in [0, 0.1) is 0 Å². The predicted octanol–water partition coefficient (Wildman–Crippen LogP) is 2.30. The van der Waals surface area contributed by atoms with Gasteiger partial charge in [-0.05, 0) is 31.5 Å². The number of ether oxygens (including phenoxy) is 1. The first kappa shape index (κ1) is 13.1. The van der Waals surface area contributed by atoms with Gasteiger partial charge < -0.3 is 10.1 Å². The second-order valence-corrected chi connectivity index (χ2v) is 4.18. The molecule has 2 rings (SSSR count). The van der Waals surface area contributed by atoms with Crippen molar-refractivity contribution in [3.05, 3.63) is 47.8 Å². The fraction of sp³-hybridized carbons (Fsp3) is 0.286. The van der Waals surface area contributed by atoms with E-state index in [0.717, 1.165) is 11.3 Å². The number of amides is 1. The zero-order valence-corrected chi connectivity index (χ0v) is 11.0. The Bertz CT molecular complexity index is 520. The minimum atomic E-state index is -0.143. The molecule has 0 bridgehead atoms. The highest BCUT2D eigenvalue weighted by atomic mass is 16.5. The number of rotatable bonds is 5. The molecular weight excluding hydrogens is 242 g/mol. The number of benzene rings is 1. The van der Waals surface area contributed by atoms with Gasteiger partial charge in [0.2, 0.25) is 0 Å². The van der Waals surface area contributed by atoms with Crippen LogP contribution in [0.1, 0.15) is 35.8 Å². The number of carbonyl (C=O) groups is 1. The molecule has 0 aliphatic carbocycles. The van der Waals surface area contributed by atoms with Crippen molar-refractivity contribution < 1.29 is 9.53 Å². The molecular formula is C14H17N3O2. The van der Waals surface area contributed by atoms with Crippen molar-refractivity contribution >= 4 is 5.91 Å². The largest absolute Gasteiger partial charge is 0.494 e. The fourth-order valence-electron chi connectivity index (χ4n) is 1.76. The normalized spacial score (nSPS) is 11.9. The molecule has 100 valence electrons. The van der Waals surface area contributed by atoms with Gasteiger partial charge in [-0.3, -0.25) is 9.89 Å². The van der Waals surface area contributed by atoms with Crippen molar-refractivity contribution in [2.75, 3.05) is 6.61 Å². The predicted molar refractivity (Wildman–Crippen MR) is 72.1 cm³/mol. The SMILES string of the molecule is CCOc1ccc(C(C)NC(=O)c2cn[nH]c2)cc1. The van der Waals surface area contributed by atoms with E-state index in [2.05, 4.69) is 15.5 Å². The molecule has 0 saturated heterocycles. The number of aromatic nitrogens is 2. The van der Waals surface area contributed by atoms with Crippen molar-refractivity contribution in [1.29, 1.82) is 0 Å². The Morgan fingerprint density at radius 1 is 1.42 bits per heavy atom. The summed E-state index contributed by atoms with van der Waals surface area (Å²) in [6.07, 6.45) is 3.07. The molecule has 0 fully saturated rings. The summed E-state index contributed by atoms with van der Waals surface area (Å²) in [4.78, 5) is 11.9. The van der Waals surface area contributed by atoms with Crippen LogP contribution in [-0.2, 0) is 0 Å². The number of carbonyl (C=O) groups excluding carboxylic acids is 1. The van der Waals surface area contributed by atoms with Gasteiger partial charge in [-0.2, -0.15) is 5.10 Å². The van der Waals surface area contributed by atoms with Crippen LogP contribution in [0.3, 0.4) is 0 Å². The summed E-state index contributed by atoms with van der Waals surface area (Å²) in [5.41, 5.74) is 1.55. The molecule has 1 aromatic heterocycles. The number of nitrogens with zero attached hydrogens (tertiary/aromatic N) is 1. The van der Waals surface area contributed by atoms with E-state index in [0.29, 0.717) is 12.2 Å². The number of H-pyrrole nitrogens is 1. The first-order chi connectivity index (χ1) is 9.20. The van der Waals surface area contributed by atoms with E-state index in [1.165, 1.54) is 6.20 Å². The van der Waals surface area contributed by atoms with Crippen LogP contribution in [0.2, 0.25) is 0 Å².